The quantitative estimate of drug-likeness (QED) is 0.323. The number of alkyl halides is 6. The van der Waals surface area contributed by atoms with Crippen molar-refractivity contribution in [3.8, 4) is 5.75 Å². The maximum absolute atomic E-state index is 12.9. The van der Waals surface area contributed by atoms with Crippen molar-refractivity contribution in [2.75, 3.05) is 5.32 Å². The van der Waals surface area contributed by atoms with E-state index in [1.165, 1.54) is 29.6 Å². The third kappa shape index (κ3) is 5.97. The van der Waals surface area contributed by atoms with Gasteiger partial charge in [0.1, 0.15) is 11.2 Å². The minimum atomic E-state index is -5.01. The van der Waals surface area contributed by atoms with E-state index in [2.05, 4.69) is 4.74 Å². The molecule has 0 amide bonds. The first-order valence-electron chi connectivity index (χ1n) is 9.48. The predicted octanol–water partition coefficient (Wildman–Crippen LogP) is 6.13. The van der Waals surface area contributed by atoms with Gasteiger partial charge in [0.2, 0.25) is 0 Å². The molecule has 0 aromatic heterocycles. The fraction of sp³-hybridized carbons (Fsp3) is 0.174. The van der Waals surface area contributed by atoms with Gasteiger partial charge < -0.3 is 9.84 Å². The summed E-state index contributed by atoms with van der Waals surface area (Å²) in [4.78, 5) is 12.7. The van der Waals surface area contributed by atoms with Crippen LogP contribution >= 0.6 is 0 Å². The summed E-state index contributed by atoms with van der Waals surface area (Å²) in [5.41, 5.74) is -2.07. The van der Waals surface area contributed by atoms with Crippen LogP contribution in [0.15, 0.2) is 78.9 Å². The van der Waals surface area contributed by atoms with Crippen molar-refractivity contribution in [2.24, 2.45) is 0 Å². The van der Waals surface area contributed by atoms with Crippen molar-refractivity contribution in [3.63, 3.8) is 0 Å². The lowest BCUT2D eigenvalue weighted by atomic mass is 9.70. The summed E-state index contributed by atoms with van der Waals surface area (Å²) >= 11 is 0. The van der Waals surface area contributed by atoms with Crippen LogP contribution in [0.2, 0.25) is 0 Å². The minimum absolute atomic E-state index is 0.0581. The topological polar surface area (TPSA) is 58.6 Å². The maximum Gasteiger partial charge on any atom is 0.573 e. The molecule has 3 aromatic carbocycles. The molecule has 0 bridgehead atoms. The minimum Gasteiger partial charge on any atom is -0.480 e. The SMILES string of the molecule is O=C(O)C(Cc1ccccc1)(c1cccc(NC(F)(F)F)c1)c1cccc(OC(F)(F)F)c1. The number of aliphatic carboxylic acids is 1. The molecule has 0 fully saturated rings. The molecular formula is C23H17F6NO3. The molecule has 0 saturated carbocycles. The smallest absolute Gasteiger partial charge is 0.480 e. The molecular weight excluding hydrogens is 452 g/mol. The fourth-order valence-corrected chi connectivity index (χ4v) is 3.58. The molecule has 174 valence electrons. The Balaban J connectivity index is 2.22. The number of rotatable bonds is 7. The largest absolute Gasteiger partial charge is 0.573 e. The van der Waals surface area contributed by atoms with Gasteiger partial charge in [0, 0.05) is 5.69 Å². The molecule has 2 N–H and O–H groups in total. The normalized spacial score (nSPS) is 13.8. The van der Waals surface area contributed by atoms with Gasteiger partial charge in [-0.05, 0) is 47.4 Å². The number of carboxylic acids is 1. The van der Waals surface area contributed by atoms with Crippen LogP contribution in [0.5, 0.6) is 5.75 Å². The van der Waals surface area contributed by atoms with Crippen LogP contribution < -0.4 is 10.1 Å². The number of halogens is 6. The Morgan fingerprint density at radius 2 is 1.42 bits per heavy atom. The van der Waals surface area contributed by atoms with Gasteiger partial charge in [0.25, 0.3) is 0 Å². The zero-order chi connectivity index (χ0) is 24.3. The molecule has 3 aromatic rings. The molecule has 4 nitrogen and oxygen atoms in total. The van der Waals surface area contributed by atoms with Crippen LogP contribution in [-0.2, 0) is 16.6 Å². The second kappa shape index (κ2) is 9.05. The Morgan fingerprint density at radius 1 is 0.818 bits per heavy atom. The molecule has 1 unspecified atom stereocenters. The lowest BCUT2D eigenvalue weighted by molar-refractivity contribution is -0.274. The van der Waals surface area contributed by atoms with Crippen LogP contribution in [0, 0.1) is 0 Å². The highest BCUT2D eigenvalue weighted by Gasteiger charge is 2.43. The molecule has 0 spiro atoms. The van der Waals surface area contributed by atoms with E-state index in [0.29, 0.717) is 5.56 Å². The van der Waals surface area contributed by atoms with Crippen molar-refractivity contribution in [3.05, 3.63) is 95.6 Å². The Bertz CT molecular complexity index is 1050. The Hall–Kier alpha value is -3.69. The average Bonchev–Trinajstić information content (AvgIpc) is 2.70. The summed E-state index contributed by atoms with van der Waals surface area (Å²) in [6.45, 7) is 0. The van der Waals surface area contributed by atoms with Gasteiger partial charge in [-0.25, -0.2) is 0 Å². The number of hydrogen-bond acceptors (Lipinski definition) is 3. The number of carboxylic acid groups (broad SMARTS) is 1. The van der Waals surface area contributed by atoms with Crippen molar-refractivity contribution >= 4 is 11.7 Å². The standard InChI is InChI=1S/C23H17F6NO3/c24-22(25,26)30-18-10-4-8-16(12-18)21(20(31)32,14-15-6-2-1-3-7-15)17-9-5-11-19(13-17)33-23(27,28)29/h1-13,30H,14H2,(H,31,32). The van der Waals surface area contributed by atoms with E-state index in [4.69, 9.17) is 0 Å². The fourth-order valence-electron chi connectivity index (χ4n) is 3.58. The van der Waals surface area contributed by atoms with Crippen molar-refractivity contribution in [1.82, 2.24) is 0 Å². The molecule has 0 aliphatic rings. The Kier molecular flexibility index (Phi) is 6.57. The first-order valence-corrected chi connectivity index (χ1v) is 9.48. The van der Waals surface area contributed by atoms with Crippen molar-refractivity contribution in [2.45, 2.75) is 24.5 Å². The van der Waals surface area contributed by atoms with E-state index in [1.54, 1.807) is 30.3 Å². The van der Waals surface area contributed by atoms with Crippen molar-refractivity contribution in [1.29, 1.82) is 0 Å². The van der Waals surface area contributed by atoms with E-state index < -0.39 is 35.5 Å². The third-order valence-corrected chi connectivity index (χ3v) is 4.88. The number of carbonyl (C=O) groups is 1. The Morgan fingerprint density at radius 3 is 2.00 bits per heavy atom. The van der Waals surface area contributed by atoms with E-state index >= 15 is 0 Å². The number of ether oxygens (including phenoxy) is 1. The van der Waals surface area contributed by atoms with E-state index in [1.807, 2.05) is 0 Å². The molecule has 0 saturated heterocycles. The molecule has 0 radical (unpaired) electrons. The van der Waals surface area contributed by atoms with Gasteiger partial charge >= 0.3 is 18.6 Å². The van der Waals surface area contributed by atoms with Gasteiger partial charge in [-0.3, -0.25) is 10.1 Å². The number of hydrogen-bond donors (Lipinski definition) is 2. The van der Waals surface area contributed by atoms with Gasteiger partial charge in [-0.2, -0.15) is 13.2 Å². The molecule has 1 atom stereocenters. The lowest BCUT2D eigenvalue weighted by Gasteiger charge is -2.32. The zero-order valence-electron chi connectivity index (χ0n) is 16.7. The first kappa shape index (κ1) is 24.0. The molecule has 3 rings (SSSR count). The van der Waals surface area contributed by atoms with Crippen LogP contribution in [-0.4, -0.2) is 23.7 Å². The summed E-state index contributed by atoms with van der Waals surface area (Å²) < 4.78 is 80.8. The number of nitrogens with one attached hydrogen (secondary N) is 1. The van der Waals surface area contributed by atoms with Crippen LogP contribution in [0.3, 0.4) is 0 Å². The highest BCUT2D eigenvalue weighted by Crippen LogP contribution is 2.40. The molecule has 33 heavy (non-hydrogen) atoms. The summed E-state index contributed by atoms with van der Waals surface area (Å²) in [6.07, 6.45) is -10.0. The highest BCUT2D eigenvalue weighted by atomic mass is 19.4. The van der Waals surface area contributed by atoms with Gasteiger partial charge in [0.15, 0.2) is 0 Å². The second-order valence-electron chi connectivity index (χ2n) is 7.15. The first-order chi connectivity index (χ1) is 15.4. The van der Waals surface area contributed by atoms with Crippen LogP contribution in [0.4, 0.5) is 32.0 Å². The number of anilines is 1. The third-order valence-electron chi connectivity index (χ3n) is 4.88. The molecule has 0 aliphatic heterocycles. The van der Waals surface area contributed by atoms with Gasteiger partial charge in [0.05, 0.1) is 0 Å². The van der Waals surface area contributed by atoms with E-state index in [9.17, 15) is 36.2 Å². The second-order valence-corrected chi connectivity index (χ2v) is 7.15. The molecule has 0 aliphatic carbocycles. The van der Waals surface area contributed by atoms with E-state index in [0.717, 1.165) is 24.3 Å². The van der Waals surface area contributed by atoms with Crippen LogP contribution in [0.25, 0.3) is 0 Å². The predicted molar refractivity (Wildman–Crippen MR) is 108 cm³/mol. The average molecular weight is 469 g/mol. The lowest BCUT2D eigenvalue weighted by Crippen LogP contribution is -2.39. The highest BCUT2D eigenvalue weighted by molar-refractivity contribution is 5.87. The monoisotopic (exact) mass is 469 g/mol. The summed E-state index contributed by atoms with van der Waals surface area (Å²) in [5, 5.41) is 11.7. The van der Waals surface area contributed by atoms with Gasteiger partial charge in [-0.15, -0.1) is 13.2 Å². The van der Waals surface area contributed by atoms with Gasteiger partial charge in [-0.1, -0.05) is 54.6 Å². The maximum atomic E-state index is 12.9. The summed E-state index contributed by atoms with van der Waals surface area (Å²) in [7, 11) is 0. The van der Waals surface area contributed by atoms with Crippen molar-refractivity contribution < 1.29 is 41.0 Å². The molecule has 10 heteroatoms. The number of benzene rings is 3. The molecule has 0 heterocycles. The summed E-state index contributed by atoms with van der Waals surface area (Å²) in [6, 6.07) is 17.3. The summed E-state index contributed by atoms with van der Waals surface area (Å²) in [5.74, 6) is -2.11. The van der Waals surface area contributed by atoms with E-state index in [-0.39, 0.29) is 17.5 Å². The Labute approximate surface area is 184 Å². The zero-order valence-corrected chi connectivity index (χ0v) is 16.7. The van der Waals surface area contributed by atoms with Crippen LogP contribution in [0.1, 0.15) is 16.7 Å².